The fraction of sp³-hybridized carbons (Fsp3) is 0.588. The van der Waals surface area contributed by atoms with Gasteiger partial charge in [-0.25, -0.2) is 4.99 Å². The highest BCUT2D eigenvalue weighted by molar-refractivity contribution is 14.0. The van der Waals surface area contributed by atoms with E-state index in [4.69, 9.17) is 4.74 Å². The Morgan fingerprint density at radius 1 is 1.27 bits per heavy atom. The molecule has 0 aromatic heterocycles. The van der Waals surface area contributed by atoms with Crippen LogP contribution in [0.5, 0.6) is 5.75 Å². The molecule has 1 aromatic carbocycles. The maximum absolute atomic E-state index is 5.69. The molecule has 1 aromatic rings. The molecule has 0 heterocycles. The largest absolute Gasteiger partial charge is 0.493 e. The van der Waals surface area contributed by atoms with Gasteiger partial charge in [-0.3, -0.25) is 0 Å². The van der Waals surface area contributed by atoms with E-state index in [1.807, 2.05) is 12.1 Å². The topological polar surface area (TPSA) is 45.7 Å². The number of rotatable bonds is 7. The highest BCUT2D eigenvalue weighted by Gasteiger charge is 2.21. The van der Waals surface area contributed by atoms with Crippen LogP contribution in [0.3, 0.4) is 0 Å². The normalized spacial score (nSPS) is 14.5. The molecule has 0 radical (unpaired) electrons. The van der Waals surface area contributed by atoms with Gasteiger partial charge in [-0.15, -0.1) is 24.0 Å². The summed E-state index contributed by atoms with van der Waals surface area (Å²) in [5.41, 5.74) is 1.19. The fourth-order valence-corrected chi connectivity index (χ4v) is 1.87. The standard InChI is InChI=1S/C17H27N3O.HI/c1-4-18-17(20-15-7-8-15)19-11-14-5-9-16(10-6-14)21-12-13(2)3;/h5-6,9-10,13,15H,4,7-8,11-12H2,1-3H3,(H2,18,19,20);1H. The van der Waals surface area contributed by atoms with Gasteiger partial charge in [0.25, 0.3) is 0 Å². The second-order valence-corrected chi connectivity index (χ2v) is 5.96. The summed E-state index contributed by atoms with van der Waals surface area (Å²) in [6.07, 6.45) is 2.51. The number of hydrogen-bond donors (Lipinski definition) is 2. The third kappa shape index (κ3) is 7.33. The van der Waals surface area contributed by atoms with Crippen LogP contribution in [0.2, 0.25) is 0 Å². The Morgan fingerprint density at radius 3 is 2.50 bits per heavy atom. The van der Waals surface area contributed by atoms with Gasteiger partial charge in [-0.2, -0.15) is 0 Å². The molecule has 0 aliphatic heterocycles. The second-order valence-electron chi connectivity index (χ2n) is 5.96. The van der Waals surface area contributed by atoms with Crippen LogP contribution in [0.1, 0.15) is 39.2 Å². The van der Waals surface area contributed by atoms with E-state index >= 15 is 0 Å². The first kappa shape index (κ1) is 19.1. The summed E-state index contributed by atoms with van der Waals surface area (Å²) in [7, 11) is 0. The third-order valence-corrected chi connectivity index (χ3v) is 3.19. The van der Waals surface area contributed by atoms with Crippen LogP contribution in [-0.2, 0) is 6.54 Å². The molecule has 0 saturated heterocycles. The van der Waals surface area contributed by atoms with Crippen LogP contribution in [0.25, 0.3) is 0 Å². The van der Waals surface area contributed by atoms with Crippen molar-refractivity contribution in [3.8, 4) is 5.75 Å². The van der Waals surface area contributed by atoms with Crippen LogP contribution < -0.4 is 15.4 Å². The lowest BCUT2D eigenvalue weighted by molar-refractivity contribution is 0.271. The van der Waals surface area contributed by atoms with E-state index in [-0.39, 0.29) is 24.0 Å². The first-order valence-electron chi connectivity index (χ1n) is 7.94. The number of hydrogen-bond acceptors (Lipinski definition) is 2. The molecule has 1 aliphatic carbocycles. The summed E-state index contributed by atoms with van der Waals surface area (Å²) in [6.45, 7) is 8.72. The van der Waals surface area contributed by atoms with Gasteiger partial charge < -0.3 is 15.4 Å². The zero-order chi connectivity index (χ0) is 15.1. The maximum atomic E-state index is 5.69. The average molecular weight is 417 g/mol. The van der Waals surface area contributed by atoms with Crippen LogP contribution in [0.4, 0.5) is 0 Å². The van der Waals surface area contributed by atoms with E-state index in [9.17, 15) is 0 Å². The SMILES string of the molecule is CCNC(=NCc1ccc(OCC(C)C)cc1)NC1CC1.I. The number of guanidine groups is 1. The Bertz CT molecular complexity index is 455. The number of halogens is 1. The molecule has 1 saturated carbocycles. The molecule has 124 valence electrons. The van der Waals surface area contributed by atoms with Gasteiger partial charge in [0.2, 0.25) is 0 Å². The van der Waals surface area contributed by atoms with Gasteiger partial charge in [0.15, 0.2) is 5.96 Å². The van der Waals surface area contributed by atoms with Crippen LogP contribution in [0, 0.1) is 5.92 Å². The number of aliphatic imine (C=N–C) groups is 1. The molecule has 0 bridgehead atoms. The van der Waals surface area contributed by atoms with Crippen LogP contribution in [-0.4, -0.2) is 25.2 Å². The summed E-state index contributed by atoms with van der Waals surface area (Å²) in [5, 5.41) is 6.70. The minimum atomic E-state index is 0. The van der Waals surface area contributed by atoms with E-state index in [0.29, 0.717) is 18.5 Å². The van der Waals surface area contributed by atoms with Crippen molar-refractivity contribution in [1.29, 1.82) is 0 Å². The Labute approximate surface area is 151 Å². The lowest BCUT2D eigenvalue weighted by Gasteiger charge is -2.11. The molecule has 1 aliphatic rings. The van der Waals surface area contributed by atoms with Crippen molar-refractivity contribution in [2.75, 3.05) is 13.2 Å². The molecule has 22 heavy (non-hydrogen) atoms. The third-order valence-electron chi connectivity index (χ3n) is 3.19. The summed E-state index contributed by atoms with van der Waals surface area (Å²) in [6, 6.07) is 8.83. The minimum absolute atomic E-state index is 0. The van der Waals surface area contributed by atoms with E-state index in [2.05, 4.69) is 48.5 Å². The highest BCUT2D eigenvalue weighted by atomic mass is 127. The molecular weight excluding hydrogens is 389 g/mol. The van der Waals surface area contributed by atoms with Crippen molar-refractivity contribution in [3.63, 3.8) is 0 Å². The second kappa shape index (κ2) is 9.92. The van der Waals surface area contributed by atoms with Crippen LogP contribution >= 0.6 is 24.0 Å². The van der Waals surface area contributed by atoms with Gasteiger partial charge in [0.1, 0.15) is 5.75 Å². The number of nitrogens with one attached hydrogen (secondary N) is 2. The lowest BCUT2D eigenvalue weighted by atomic mass is 10.2. The number of nitrogens with zero attached hydrogens (tertiary/aromatic N) is 1. The quantitative estimate of drug-likeness (QED) is 0.405. The van der Waals surface area contributed by atoms with Crippen molar-refractivity contribution in [2.45, 2.75) is 46.2 Å². The van der Waals surface area contributed by atoms with Gasteiger partial charge in [0, 0.05) is 12.6 Å². The molecule has 0 spiro atoms. The Hall–Kier alpha value is -0.980. The molecule has 2 N–H and O–H groups in total. The van der Waals surface area contributed by atoms with Gasteiger partial charge in [-0.1, -0.05) is 26.0 Å². The van der Waals surface area contributed by atoms with Gasteiger partial charge in [0.05, 0.1) is 13.2 Å². The molecule has 0 unspecified atom stereocenters. The van der Waals surface area contributed by atoms with E-state index in [0.717, 1.165) is 24.9 Å². The van der Waals surface area contributed by atoms with Crippen molar-refractivity contribution >= 4 is 29.9 Å². The van der Waals surface area contributed by atoms with Crippen molar-refractivity contribution in [2.24, 2.45) is 10.9 Å². The fourth-order valence-electron chi connectivity index (χ4n) is 1.87. The molecule has 1 fully saturated rings. The molecule has 0 atom stereocenters. The monoisotopic (exact) mass is 417 g/mol. The number of ether oxygens (including phenoxy) is 1. The Balaban J connectivity index is 0.00000242. The predicted molar refractivity (Wildman–Crippen MR) is 103 cm³/mol. The molecule has 4 nitrogen and oxygen atoms in total. The van der Waals surface area contributed by atoms with Crippen molar-refractivity contribution < 1.29 is 4.74 Å². The number of benzene rings is 1. The zero-order valence-corrected chi connectivity index (χ0v) is 16.1. The van der Waals surface area contributed by atoms with E-state index in [1.54, 1.807) is 0 Å². The Morgan fingerprint density at radius 2 is 1.95 bits per heavy atom. The minimum Gasteiger partial charge on any atom is -0.493 e. The van der Waals surface area contributed by atoms with E-state index < -0.39 is 0 Å². The first-order chi connectivity index (χ1) is 10.2. The molecular formula is C17H28IN3O. The predicted octanol–water partition coefficient (Wildman–Crippen LogP) is 3.56. The van der Waals surface area contributed by atoms with E-state index in [1.165, 1.54) is 18.4 Å². The van der Waals surface area contributed by atoms with Crippen molar-refractivity contribution in [3.05, 3.63) is 29.8 Å². The van der Waals surface area contributed by atoms with Gasteiger partial charge >= 0.3 is 0 Å². The average Bonchev–Trinajstić information content (AvgIpc) is 3.28. The molecule has 2 rings (SSSR count). The summed E-state index contributed by atoms with van der Waals surface area (Å²) in [4.78, 5) is 4.62. The summed E-state index contributed by atoms with van der Waals surface area (Å²) in [5.74, 6) is 2.39. The van der Waals surface area contributed by atoms with Gasteiger partial charge in [-0.05, 0) is 43.4 Å². The zero-order valence-electron chi connectivity index (χ0n) is 13.8. The first-order valence-corrected chi connectivity index (χ1v) is 7.94. The lowest BCUT2D eigenvalue weighted by Crippen LogP contribution is -2.38. The summed E-state index contributed by atoms with van der Waals surface area (Å²) < 4.78 is 5.69. The molecule has 0 amide bonds. The van der Waals surface area contributed by atoms with Crippen molar-refractivity contribution in [1.82, 2.24) is 10.6 Å². The maximum Gasteiger partial charge on any atom is 0.191 e. The smallest absolute Gasteiger partial charge is 0.191 e. The highest BCUT2D eigenvalue weighted by Crippen LogP contribution is 2.18. The van der Waals surface area contributed by atoms with Crippen LogP contribution in [0.15, 0.2) is 29.3 Å². The summed E-state index contributed by atoms with van der Waals surface area (Å²) >= 11 is 0. The molecule has 5 heteroatoms. The Kier molecular flexibility index (Phi) is 8.60.